The highest BCUT2D eigenvalue weighted by atomic mass is 127. The molecule has 0 spiro atoms. The van der Waals surface area contributed by atoms with Crippen LogP contribution in [0, 0.1) is 3.57 Å². The molecule has 0 fully saturated rings. The molecule has 0 saturated carbocycles. The quantitative estimate of drug-likeness (QED) is 0.697. The average Bonchev–Trinajstić information content (AvgIpc) is 2.43. The van der Waals surface area contributed by atoms with Crippen molar-refractivity contribution in [2.24, 2.45) is 0 Å². The summed E-state index contributed by atoms with van der Waals surface area (Å²) in [7, 11) is 0. The van der Waals surface area contributed by atoms with Gasteiger partial charge in [-0.3, -0.25) is 0 Å². The number of nitrogens with zero attached hydrogens (tertiary/aromatic N) is 2. The Kier molecular flexibility index (Phi) is 7.60. The van der Waals surface area contributed by atoms with E-state index in [2.05, 4.69) is 58.6 Å². The van der Waals surface area contributed by atoms with Gasteiger partial charge in [0.1, 0.15) is 11.9 Å². The zero-order valence-electron chi connectivity index (χ0n) is 12.3. The van der Waals surface area contributed by atoms with Gasteiger partial charge in [-0.15, -0.1) is 0 Å². The Hall–Kier alpha value is -0.430. The summed E-state index contributed by atoms with van der Waals surface area (Å²) in [6.45, 7) is 10.0. The zero-order chi connectivity index (χ0) is 14.3. The first-order valence-corrected chi connectivity index (χ1v) is 8.17. The standard InChI is InChI=1S/C14H24IN3O/c1-5-9-16-14-12(15)10(6-2)17-13(18-14)11(7-3)19-8-4/h11H,5-9H2,1-4H3,(H,16,17,18). The van der Waals surface area contributed by atoms with Crippen LogP contribution in [0.3, 0.4) is 0 Å². The third kappa shape index (κ3) is 4.56. The molecule has 0 amide bonds. The summed E-state index contributed by atoms with van der Waals surface area (Å²) in [6, 6.07) is 0. The Labute approximate surface area is 129 Å². The monoisotopic (exact) mass is 377 g/mol. The Morgan fingerprint density at radius 2 is 1.95 bits per heavy atom. The molecule has 1 atom stereocenters. The summed E-state index contributed by atoms with van der Waals surface area (Å²) in [4.78, 5) is 9.32. The maximum atomic E-state index is 5.72. The van der Waals surface area contributed by atoms with Gasteiger partial charge >= 0.3 is 0 Å². The van der Waals surface area contributed by atoms with Gasteiger partial charge in [-0.2, -0.15) is 0 Å². The largest absolute Gasteiger partial charge is 0.371 e. The van der Waals surface area contributed by atoms with Crippen LogP contribution in [0.15, 0.2) is 0 Å². The van der Waals surface area contributed by atoms with Crippen LogP contribution in [-0.4, -0.2) is 23.1 Å². The third-order valence-corrected chi connectivity index (χ3v) is 3.97. The highest BCUT2D eigenvalue weighted by Gasteiger charge is 2.17. The summed E-state index contributed by atoms with van der Waals surface area (Å²) in [6.07, 6.45) is 2.89. The van der Waals surface area contributed by atoms with E-state index in [0.29, 0.717) is 6.61 Å². The maximum Gasteiger partial charge on any atom is 0.159 e. The van der Waals surface area contributed by atoms with E-state index in [1.54, 1.807) is 0 Å². The number of hydrogen-bond acceptors (Lipinski definition) is 4. The van der Waals surface area contributed by atoms with Crippen molar-refractivity contribution >= 4 is 28.4 Å². The second-order valence-electron chi connectivity index (χ2n) is 4.32. The number of rotatable bonds is 8. The minimum absolute atomic E-state index is 0.00511. The summed E-state index contributed by atoms with van der Waals surface area (Å²) < 4.78 is 6.85. The molecule has 0 bridgehead atoms. The van der Waals surface area contributed by atoms with Gasteiger partial charge in [0.2, 0.25) is 0 Å². The molecule has 19 heavy (non-hydrogen) atoms. The van der Waals surface area contributed by atoms with Gasteiger partial charge in [0.15, 0.2) is 5.82 Å². The lowest BCUT2D eigenvalue weighted by Crippen LogP contribution is -2.14. The fourth-order valence-electron chi connectivity index (χ4n) is 1.83. The molecule has 1 unspecified atom stereocenters. The van der Waals surface area contributed by atoms with Crippen molar-refractivity contribution in [3.05, 3.63) is 15.1 Å². The normalized spacial score (nSPS) is 12.5. The lowest BCUT2D eigenvalue weighted by molar-refractivity contribution is 0.0534. The molecule has 5 heteroatoms. The van der Waals surface area contributed by atoms with Crippen LogP contribution in [-0.2, 0) is 11.2 Å². The molecule has 4 nitrogen and oxygen atoms in total. The molecular weight excluding hydrogens is 353 g/mol. The van der Waals surface area contributed by atoms with Crippen molar-refractivity contribution < 1.29 is 4.74 Å². The van der Waals surface area contributed by atoms with Gasteiger partial charge in [0.25, 0.3) is 0 Å². The van der Waals surface area contributed by atoms with Gasteiger partial charge in [0.05, 0.1) is 9.26 Å². The first kappa shape index (κ1) is 16.6. The van der Waals surface area contributed by atoms with Gasteiger partial charge in [-0.05, 0) is 48.8 Å². The van der Waals surface area contributed by atoms with E-state index in [1.807, 2.05) is 6.92 Å². The first-order chi connectivity index (χ1) is 9.17. The molecule has 1 aromatic rings. The fourth-order valence-corrected chi connectivity index (χ4v) is 2.64. The second kappa shape index (κ2) is 8.68. The second-order valence-corrected chi connectivity index (χ2v) is 5.40. The molecule has 0 saturated heterocycles. The maximum absolute atomic E-state index is 5.72. The van der Waals surface area contributed by atoms with Gasteiger partial charge in [-0.25, -0.2) is 9.97 Å². The van der Waals surface area contributed by atoms with Crippen LogP contribution in [0.4, 0.5) is 5.82 Å². The number of aromatic nitrogens is 2. The van der Waals surface area contributed by atoms with Crippen molar-refractivity contribution in [3.8, 4) is 0 Å². The molecule has 0 aliphatic heterocycles. The van der Waals surface area contributed by atoms with E-state index in [1.165, 1.54) is 0 Å². The summed E-state index contributed by atoms with van der Waals surface area (Å²) >= 11 is 2.33. The average molecular weight is 377 g/mol. The first-order valence-electron chi connectivity index (χ1n) is 7.09. The van der Waals surface area contributed by atoms with E-state index >= 15 is 0 Å². The van der Waals surface area contributed by atoms with E-state index < -0.39 is 0 Å². The van der Waals surface area contributed by atoms with E-state index in [-0.39, 0.29) is 6.10 Å². The van der Waals surface area contributed by atoms with Crippen LogP contribution in [0.1, 0.15) is 58.2 Å². The molecule has 0 aromatic carbocycles. The van der Waals surface area contributed by atoms with Gasteiger partial charge < -0.3 is 10.1 Å². The molecular formula is C14H24IN3O. The van der Waals surface area contributed by atoms with Crippen LogP contribution in [0.2, 0.25) is 0 Å². The predicted molar refractivity (Wildman–Crippen MR) is 87.6 cm³/mol. The van der Waals surface area contributed by atoms with Crippen molar-refractivity contribution in [3.63, 3.8) is 0 Å². The van der Waals surface area contributed by atoms with E-state index in [4.69, 9.17) is 4.74 Å². The van der Waals surface area contributed by atoms with Crippen LogP contribution >= 0.6 is 22.6 Å². The van der Waals surface area contributed by atoms with E-state index in [0.717, 1.165) is 46.7 Å². The molecule has 0 radical (unpaired) electrons. The van der Waals surface area contributed by atoms with Gasteiger partial charge in [-0.1, -0.05) is 20.8 Å². The van der Waals surface area contributed by atoms with Crippen molar-refractivity contribution in [1.82, 2.24) is 9.97 Å². The molecule has 1 rings (SSSR count). The Balaban J connectivity index is 3.10. The summed E-state index contributed by atoms with van der Waals surface area (Å²) in [5, 5.41) is 3.38. The number of hydrogen-bond donors (Lipinski definition) is 1. The molecule has 1 heterocycles. The highest BCUT2D eigenvalue weighted by Crippen LogP contribution is 2.25. The fraction of sp³-hybridized carbons (Fsp3) is 0.714. The summed E-state index contributed by atoms with van der Waals surface area (Å²) in [5.41, 5.74) is 1.10. The Bertz CT molecular complexity index is 399. The topological polar surface area (TPSA) is 47.0 Å². The number of aryl methyl sites for hydroxylation is 1. The molecule has 0 aliphatic carbocycles. The predicted octanol–water partition coefficient (Wildman–Crippen LogP) is 3.95. The number of ether oxygens (including phenoxy) is 1. The van der Waals surface area contributed by atoms with E-state index in [9.17, 15) is 0 Å². The Morgan fingerprint density at radius 3 is 2.47 bits per heavy atom. The minimum Gasteiger partial charge on any atom is -0.371 e. The summed E-state index contributed by atoms with van der Waals surface area (Å²) in [5.74, 6) is 1.75. The molecule has 1 aromatic heterocycles. The van der Waals surface area contributed by atoms with Crippen molar-refractivity contribution in [2.75, 3.05) is 18.5 Å². The molecule has 108 valence electrons. The smallest absolute Gasteiger partial charge is 0.159 e. The van der Waals surface area contributed by atoms with Crippen LogP contribution < -0.4 is 5.32 Å². The Morgan fingerprint density at radius 1 is 1.21 bits per heavy atom. The zero-order valence-corrected chi connectivity index (χ0v) is 14.5. The minimum atomic E-state index is -0.00511. The van der Waals surface area contributed by atoms with Crippen LogP contribution in [0.5, 0.6) is 0 Å². The lowest BCUT2D eigenvalue weighted by Gasteiger charge is -2.17. The number of nitrogens with one attached hydrogen (secondary N) is 1. The number of anilines is 1. The SMILES string of the molecule is CCCNc1nc(C(CC)OCC)nc(CC)c1I. The molecule has 0 aliphatic rings. The number of halogens is 1. The van der Waals surface area contributed by atoms with Crippen molar-refractivity contribution in [1.29, 1.82) is 0 Å². The lowest BCUT2D eigenvalue weighted by atomic mass is 10.2. The van der Waals surface area contributed by atoms with Crippen LogP contribution in [0.25, 0.3) is 0 Å². The van der Waals surface area contributed by atoms with Crippen molar-refractivity contribution in [2.45, 2.75) is 53.1 Å². The third-order valence-electron chi connectivity index (χ3n) is 2.84. The van der Waals surface area contributed by atoms with Gasteiger partial charge in [0, 0.05) is 13.2 Å². The molecule has 1 N–H and O–H groups in total. The highest BCUT2D eigenvalue weighted by molar-refractivity contribution is 14.1.